The first-order chi connectivity index (χ1) is 10.5. The van der Waals surface area contributed by atoms with E-state index in [2.05, 4.69) is 13.8 Å². The minimum atomic E-state index is 0.102. The van der Waals surface area contributed by atoms with Crippen molar-refractivity contribution in [2.45, 2.75) is 58.5 Å². The molecule has 0 bridgehead atoms. The van der Waals surface area contributed by atoms with Crippen LogP contribution >= 0.6 is 0 Å². The summed E-state index contributed by atoms with van der Waals surface area (Å²) in [5.74, 6) is 0.900. The van der Waals surface area contributed by atoms with Gasteiger partial charge in [0.2, 0.25) is 5.91 Å². The number of aryl methyl sites for hydroxylation is 1. The fourth-order valence-electron chi connectivity index (χ4n) is 3.27. The van der Waals surface area contributed by atoms with Crippen molar-refractivity contribution in [2.75, 3.05) is 7.11 Å². The summed E-state index contributed by atoms with van der Waals surface area (Å²) in [5.41, 5.74) is 2.11. The van der Waals surface area contributed by atoms with Crippen molar-refractivity contribution in [1.29, 1.82) is 0 Å². The Bertz CT molecular complexity index is 542. The number of ether oxygens (including phenoxy) is 1. The minimum absolute atomic E-state index is 0.102. The van der Waals surface area contributed by atoms with Crippen LogP contribution in [0.15, 0.2) is 24.3 Å². The number of carbonyl (C=O) groups excluding carboxylic acids is 1. The first kappa shape index (κ1) is 16.6. The van der Waals surface area contributed by atoms with E-state index < -0.39 is 0 Å². The fraction of sp³-hybridized carbons (Fsp3) is 0.526. The molecule has 0 atom stereocenters. The highest BCUT2D eigenvalue weighted by Gasteiger charge is 2.27. The van der Waals surface area contributed by atoms with Gasteiger partial charge in [-0.3, -0.25) is 4.79 Å². The van der Waals surface area contributed by atoms with E-state index in [-0.39, 0.29) is 11.9 Å². The molecule has 0 aromatic heterocycles. The lowest BCUT2D eigenvalue weighted by Gasteiger charge is -2.31. The predicted octanol–water partition coefficient (Wildman–Crippen LogP) is 4.20. The molecule has 0 heterocycles. The standard InChI is InChI=1S/C19H27NO2/c1-14(2)20(17-7-5-6-8-17)19(21)12-10-16-13-15(3)9-11-18(16)22-4/h9-14,17H,5-8H2,1-4H3/b12-10+. The lowest BCUT2D eigenvalue weighted by atomic mass is 10.1. The quantitative estimate of drug-likeness (QED) is 0.763. The monoisotopic (exact) mass is 301 g/mol. The number of carbonyl (C=O) groups is 1. The highest BCUT2D eigenvalue weighted by atomic mass is 16.5. The Balaban J connectivity index is 2.17. The van der Waals surface area contributed by atoms with E-state index in [1.54, 1.807) is 13.2 Å². The van der Waals surface area contributed by atoms with Crippen molar-refractivity contribution in [3.8, 4) is 5.75 Å². The van der Waals surface area contributed by atoms with Crippen LogP contribution in [-0.4, -0.2) is 30.0 Å². The normalized spacial score (nSPS) is 15.7. The predicted molar refractivity (Wildman–Crippen MR) is 91.0 cm³/mol. The maximum absolute atomic E-state index is 12.6. The Labute approximate surface area is 134 Å². The Morgan fingerprint density at radius 1 is 1.32 bits per heavy atom. The van der Waals surface area contributed by atoms with Crippen molar-refractivity contribution in [3.05, 3.63) is 35.4 Å². The third kappa shape index (κ3) is 3.90. The number of hydrogen-bond donors (Lipinski definition) is 0. The van der Waals surface area contributed by atoms with Gasteiger partial charge in [0.05, 0.1) is 7.11 Å². The number of rotatable bonds is 5. The molecule has 0 saturated heterocycles. The van der Waals surface area contributed by atoms with Gasteiger partial charge < -0.3 is 9.64 Å². The van der Waals surface area contributed by atoms with Crippen molar-refractivity contribution in [2.24, 2.45) is 0 Å². The SMILES string of the molecule is COc1ccc(C)cc1/C=C/C(=O)N(C(C)C)C1CCCC1. The maximum atomic E-state index is 12.6. The molecule has 0 aliphatic heterocycles. The summed E-state index contributed by atoms with van der Waals surface area (Å²) in [6.45, 7) is 6.23. The van der Waals surface area contributed by atoms with Gasteiger partial charge in [0.25, 0.3) is 0 Å². The highest BCUT2D eigenvalue weighted by Crippen LogP contribution is 2.26. The van der Waals surface area contributed by atoms with Crippen LogP contribution in [0.2, 0.25) is 0 Å². The van der Waals surface area contributed by atoms with Crippen LogP contribution in [0.25, 0.3) is 6.08 Å². The van der Waals surface area contributed by atoms with Crippen LogP contribution in [0.5, 0.6) is 5.75 Å². The summed E-state index contributed by atoms with van der Waals surface area (Å²) >= 11 is 0. The number of methoxy groups -OCH3 is 1. The van der Waals surface area contributed by atoms with Crippen molar-refractivity contribution in [1.82, 2.24) is 4.90 Å². The zero-order valence-electron chi connectivity index (χ0n) is 14.1. The van der Waals surface area contributed by atoms with Crippen LogP contribution in [0, 0.1) is 6.92 Å². The summed E-state index contributed by atoms with van der Waals surface area (Å²) in [4.78, 5) is 14.7. The van der Waals surface area contributed by atoms with Gasteiger partial charge >= 0.3 is 0 Å². The second kappa shape index (κ2) is 7.48. The molecule has 0 N–H and O–H groups in total. The number of nitrogens with zero attached hydrogens (tertiary/aromatic N) is 1. The molecule has 2 rings (SSSR count). The van der Waals surface area contributed by atoms with E-state index >= 15 is 0 Å². The zero-order valence-corrected chi connectivity index (χ0v) is 14.1. The van der Waals surface area contributed by atoms with Crippen LogP contribution in [0.1, 0.15) is 50.7 Å². The van der Waals surface area contributed by atoms with Crippen molar-refractivity contribution < 1.29 is 9.53 Å². The number of amides is 1. The first-order valence-corrected chi connectivity index (χ1v) is 8.18. The topological polar surface area (TPSA) is 29.5 Å². The van der Waals surface area contributed by atoms with E-state index in [1.807, 2.05) is 36.1 Å². The van der Waals surface area contributed by atoms with Gasteiger partial charge in [-0.05, 0) is 51.8 Å². The van der Waals surface area contributed by atoms with Crippen LogP contribution < -0.4 is 4.74 Å². The average molecular weight is 301 g/mol. The van der Waals surface area contributed by atoms with Crippen LogP contribution in [0.3, 0.4) is 0 Å². The molecule has 3 nitrogen and oxygen atoms in total. The van der Waals surface area contributed by atoms with Gasteiger partial charge in [0, 0.05) is 23.7 Å². The van der Waals surface area contributed by atoms with E-state index in [1.165, 1.54) is 12.8 Å². The zero-order chi connectivity index (χ0) is 16.1. The molecule has 1 amide bonds. The first-order valence-electron chi connectivity index (χ1n) is 8.18. The molecule has 3 heteroatoms. The Morgan fingerprint density at radius 2 is 2.00 bits per heavy atom. The highest BCUT2D eigenvalue weighted by molar-refractivity contribution is 5.92. The lowest BCUT2D eigenvalue weighted by molar-refractivity contribution is -0.130. The summed E-state index contributed by atoms with van der Waals surface area (Å²) in [6, 6.07) is 6.63. The molecule has 1 aromatic rings. The summed E-state index contributed by atoms with van der Waals surface area (Å²) in [6.07, 6.45) is 8.29. The van der Waals surface area contributed by atoms with Crippen molar-refractivity contribution >= 4 is 12.0 Å². The molecule has 1 aromatic carbocycles. The van der Waals surface area contributed by atoms with Crippen LogP contribution in [-0.2, 0) is 4.79 Å². The Morgan fingerprint density at radius 3 is 2.59 bits per heavy atom. The lowest BCUT2D eigenvalue weighted by Crippen LogP contribution is -2.42. The molecule has 1 aliphatic carbocycles. The average Bonchev–Trinajstić information content (AvgIpc) is 2.99. The molecule has 1 aliphatic rings. The van der Waals surface area contributed by atoms with Gasteiger partial charge in [-0.1, -0.05) is 24.5 Å². The molecular formula is C19H27NO2. The Kier molecular flexibility index (Phi) is 5.64. The largest absolute Gasteiger partial charge is 0.496 e. The summed E-state index contributed by atoms with van der Waals surface area (Å²) in [7, 11) is 1.66. The molecule has 120 valence electrons. The number of benzene rings is 1. The molecule has 0 spiro atoms. The molecule has 22 heavy (non-hydrogen) atoms. The fourth-order valence-corrected chi connectivity index (χ4v) is 3.27. The molecule has 1 fully saturated rings. The van der Waals surface area contributed by atoms with Gasteiger partial charge in [0.15, 0.2) is 0 Å². The van der Waals surface area contributed by atoms with E-state index in [0.29, 0.717) is 6.04 Å². The molecule has 0 unspecified atom stereocenters. The van der Waals surface area contributed by atoms with E-state index in [0.717, 1.165) is 29.7 Å². The second-order valence-electron chi connectivity index (χ2n) is 6.36. The van der Waals surface area contributed by atoms with Crippen molar-refractivity contribution in [3.63, 3.8) is 0 Å². The minimum Gasteiger partial charge on any atom is -0.496 e. The third-order valence-corrected chi connectivity index (χ3v) is 4.32. The van der Waals surface area contributed by atoms with Gasteiger partial charge in [0.1, 0.15) is 5.75 Å². The molecular weight excluding hydrogens is 274 g/mol. The third-order valence-electron chi connectivity index (χ3n) is 4.32. The molecule has 1 saturated carbocycles. The maximum Gasteiger partial charge on any atom is 0.247 e. The second-order valence-corrected chi connectivity index (χ2v) is 6.36. The number of hydrogen-bond acceptors (Lipinski definition) is 2. The van der Waals surface area contributed by atoms with E-state index in [9.17, 15) is 4.79 Å². The summed E-state index contributed by atoms with van der Waals surface area (Å²) in [5, 5.41) is 0. The molecule has 0 radical (unpaired) electrons. The Hall–Kier alpha value is -1.77. The van der Waals surface area contributed by atoms with Crippen LogP contribution in [0.4, 0.5) is 0 Å². The van der Waals surface area contributed by atoms with E-state index in [4.69, 9.17) is 4.74 Å². The smallest absolute Gasteiger partial charge is 0.247 e. The van der Waals surface area contributed by atoms with Gasteiger partial charge in [-0.25, -0.2) is 0 Å². The van der Waals surface area contributed by atoms with Gasteiger partial charge in [-0.15, -0.1) is 0 Å². The summed E-state index contributed by atoms with van der Waals surface area (Å²) < 4.78 is 5.36. The van der Waals surface area contributed by atoms with Gasteiger partial charge in [-0.2, -0.15) is 0 Å².